The largest absolute Gasteiger partial charge is 0.309 e. The van der Waals surface area contributed by atoms with Gasteiger partial charge in [-0.3, -0.25) is 0 Å². The number of hydrogen-bond acceptors (Lipinski definition) is 2. The lowest BCUT2D eigenvalue weighted by Gasteiger charge is -2.38. The Morgan fingerprint density at radius 3 is 2.20 bits per heavy atom. The van der Waals surface area contributed by atoms with E-state index in [2.05, 4.69) is 75.3 Å². The molecule has 0 aliphatic heterocycles. The summed E-state index contributed by atoms with van der Waals surface area (Å²) in [6.45, 7) is 11.4. The second kappa shape index (κ2) is 9.15. The molecular weight excluding hydrogens is 244 g/mol. The van der Waals surface area contributed by atoms with Crippen LogP contribution in [0.3, 0.4) is 0 Å². The second-order valence-electron chi connectivity index (χ2n) is 6.06. The van der Waals surface area contributed by atoms with Gasteiger partial charge in [0, 0.05) is 12.1 Å². The first-order valence-corrected chi connectivity index (χ1v) is 8.10. The molecule has 1 rings (SSSR count). The minimum Gasteiger partial charge on any atom is -0.309 e. The summed E-state index contributed by atoms with van der Waals surface area (Å²) in [6, 6.07) is 11.8. The first-order valence-electron chi connectivity index (χ1n) is 8.10. The van der Waals surface area contributed by atoms with E-state index in [-0.39, 0.29) is 0 Å². The highest BCUT2D eigenvalue weighted by Crippen LogP contribution is 2.26. The zero-order valence-electron chi connectivity index (χ0n) is 13.9. The molecule has 1 aromatic rings. The third kappa shape index (κ3) is 4.92. The van der Waals surface area contributed by atoms with Gasteiger partial charge in [-0.2, -0.15) is 0 Å². The molecule has 1 aromatic carbocycles. The van der Waals surface area contributed by atoms with E-state index >= 15 is 0 Å². The summed E-state index contributed by atoms with van der Waals surface area (Å²) in [5.74, 6) is 0.626. The minimum absolute atomic E-state index is 0.410. The summed E-state index contributed by atoms with van der Waals surface area (Å²) in [4.78, 5) is 2.52. The summed E-state index contributed by atoms with van der Waals surface area (Å²) in [5.41, 5.74) is 1.41. The van der Waals surface area contributed by atoms with Crippen LogP contribution in [-0.2, 0) is 0 Å². The number of benzene rings is 1. The van der Waals surface area contributed by atoms with Crippen LogP contribution >= 0.6 is 0 Å². The van der Waals surface area contributed by atoms with Crippen molar-refractivity contribution >= 4 is 0 Å². The highest BCUT2D eigenvalue weighted by molar-refractivity contribution is 5.21. The molecule has 0 saturated carbocycles. The van der Waals surface area contributed by atoms with Crippen molar-refractivity contribution in [2.24, 2.45) is 5.92 Å². The van der Waals surface area contributed by atoms with E-state index in [1.54, 1.807) is 0 Å². The van der Waals surface area contributed by atoms with Crippen molar-refractivity contribution in [3.63, 3.8) is 0 Å². The summed E-state index contributed by atoms with van der Waals surface area (Å²) < 4.78 is 0. The van der Waals surface area contributed by atoms with E-state index in [1.165, 1.54) is 18.4 Å². The minimum atomic E-state index is 0.410. The van der Waals surface area contributed by atoms with Crippen LogP contribution < -0.4 is 5.32 Å². The molecular formula is C18H32N2. The van der Waals surface area contributed by atoms with Crippen LogP contribution in [0.4, 0.5) is 0 Å². The molecule has 0 fully saturated rings. The molecule has 1 N–H and O–H groups in total. The monoisotopic (exact) mass is 276 g/mol. The predicted octanol–water partition coefficient (Wildman–Crippen LogP) is 4.09. The first kappa shape index (κ1) is 17.2. The van der Waals surface area contributed by atoms with Crippen LogP contribution in [-0.4, -0.2) is 31.1 Å². The maximum atomic E-state index is 3.76. The molecule has 0 aliphatic carbocycles. The van der Waals surface area contributed by atoms with Crippen LogP contribution in [0.5, 0.6) is 0 Å². The van der Waals surface area contributed by atoms with E-state index in [0.29, 0.717) is 18.0 Å². The number of nitrogens with zero attached hydrogens (tertiary/aromatic N) is 1. The third-order valence-corrected chi connectivity index (χ3v) is 3.88. The first-order chi connectivity index (χ1) is 9.61. The van der Waals surface area contributed by atoms with Gasteiger partial charge in [0.05, 0.1) is 0 Å². The fraction of sp³-hybridized carbons (Fsp3) is 0.667. The molecule has 0 heterocycles. The SMILES string of the molecule is CCCNC(c1ccccc1)C(C(C)C)N(C)CCC. The average Bonchev–Trinajstić information content (AvgIpc) is 2.44. The van der Waals surface area contributed by atoms with Crippen molar-refractivity contribution in [3.8, 4) is 0 Å². The predicted molar refractivity (Wildman–Crippen MR) is 89.0 cm³/mol. The van der Waals surface area contributed by atoms with E-state index in [4.69, 9.17) is 0 Å². The lowest BCUT2D eigenvalue weighted by molar-refractivity contribution is 0.146. The molecule has 0 aromatic heterocycles. The Hall–Kier alpha value is -0.860. The van der Waals surface area contributed by atoms with Crippen LogP contribution in [0.2, 0.25) is 0 Å². The normalized spacial score (nSPS) is 14.8. The second-order valence-corrected chi connectivity index (χ2v) is 6.06. The van der Waals surface area contributed by atoms with Gasteiger partial charge in [-0.25, -0.2) is 0 Å². The Morgan fingerprint density at radius 2 is 1.70 bits per heavy atom. The molecule has 0 saturated heterocycles. The molecule has 114 valence electrons. The molecule has 2 unspecified atom stereocenters. The fourth-order valence-corrected chi connectivity index (χ4v) is 3.05. The molecule has 0 bridgehead atoms. The van der Waals surface area contributed by atoms with E-state index in [9.17, 15) is 0 Å². The topological polar surface area (TPSA) is 15.3 Å². The van der Waals surface area contributed by atoms with Gasteiger partial charge in [-0.1, -0.05) is 58.0 Å². The summed E-state index contributed by atoms with van der Waals surface area (Å²) in [6.07, 6.45) is 2.38. The summed E-state index contributed by atoms with van der Waals surface area (Å²) >= 11 is 0. The molecule has 0 aliphatic rings. The molecule has 0 radical (unpaired) electrons. The Kier molecular flexibility index (Phi) is 7.86. The zero-order chi connectivity index (χ0) is 15.0. The Labute approximate surface area is 125 Å². The van der Waals surface area contributed by atoms with Crippen molar-refractivity contribution in [1.82, 2.24) is 10.2 Å². The van der Waals surface area contributed by atoms with Gasteiger partial charge in [0.25, 0.3) is 0 Å². The Balaban J connectivity index is 2.98. The van der Waals surface area contributed by atoms with Crippen LogP contribution in [0.15, 0.2) is 30.3 Å². The maximum Gasteiger partial charge on any atom is 0.0480 e. The van der Waals surface area contributed by atoms with Gasteiger partial charge in [-0.05, 0) is 44.5 Å². The molecule has 0 spiro atoms. The lowest BCUT2D eigenvalue weighted by Crippen LogP contribution is -2.46. The van der Waals surface area contributed by atoms with Crippen molar-refractivity contribution < 1.29 is 0 Å². The highest BCUT2D eigenvalue weighted by Gasteiger charge is 2.28. The Morgan fingerprint density at radius 1 is 1.05 bits per heavy atom. The lowest BCUT2D eigenvalue weighted by atomic mass is 9.89. The number of rotatable bonds is 9. The van der Waals surface area contributed by atoms with Gasteiger partial charge < -0.3 is 10.2 Å². The number of hydrogen-bond donors (Lipinski definition) is 1. The number of likely N-dealkylation sites (N-methyl/N-ethyl adjacent to an activating group) is 1. The molecule has 0 amide bonds. The van der Waals surface area contributed by atoms with Crippen LogP contribution in [0, 0.1) is 5.92 Å². The highest BCUT2D eigenvalue weighted by atomic mass is 15.2. The van der Waals surface area contributed by atoms with Crippen molar-refractivity contribution in [1.29, 1.82) is 0 Å². The van der Waals surface area contributed by atoms with Crippen molar-refractivity contribution in [2.75, 3.05) is 20.1 Å². The quantitative estimate of drug-likeness (QED) is 0.730. The third-order valence-electron chi connectivity index (χ3n) is 3.88. The van der Waals surface area contributed by atoms with Gasteiger partial charge in [-0.15, -0.1) is 0 Å². The van der Waals surface area contributed by atoms with Crippen molar-refractivity contribution in [3.05, 3.63) is 35.9 Å². The van der Waals surface area contributed by atoms with Gasteiger partial charge >= 0.3 is 0 Å². The summed E-state index contributed by atoms with van der Waals surface area (Å²) in [5, 5.41) is 3.76. The fourth-order valence-electron chi connectivity index (χ4n) is 3.05. The van der Waals surface area contributed by atoms with E-state index < -0.39 is 0 Å². The molecule has 2 nitrogen and oxygen atoms in total. The van der Waals surface area contributed by atoms with Crippen molar-refractivity contribution in [2.45, 2.75) is 52.6 Å². The van der Waals surface area contributed by atoms with Gasteiger partial charge in [0.2, 0.25) is 0 Å². The smallest absolute Gasteiger partial charge is 0.0480 e. The van der Waals surface area contributed by atoms with E-state index in [1.807, 2.05) is 0 Å². The van der Waals surface area contributed by atoms with E-state index in [0.717, 1.165) is 13.1 Å². The molecule has 2 atom stereocenters. The zero-order valence-corrected chi connectivity index (χ0v) is 13.9. The number of nitrogens with one attached hydrogen (secondary N) is 1. The standard InChI is InChI=1S/C18H32N2/c1-6-13-19-17(16-11-9-8-10-12-16)18(15(3)4)20(5)14-7-2/h8-12,15,17-19H,6-7,13-14H2,1-5H3. The Bertz CT molecular complexity index is 348. The maximum absolute atomic E-state index is 3.76. The van der Waals surface area contributed by atoms with Crippen LogP contribution in [0.1, 0.15) is 52.1 Å². The molecule has 2 heteroatoms. The van der Waals surface area contributed by atoms with Gasteiger partial charge in [0.1, 0.15) is 0 Å². The molecule has 20 heavy (non-hydrogen) atoms. The van der Waals surface area contributed by atoms with Gasteiger partial charge in [0.15, 0.2) is 0 Å². The average molecular weight is 276 g/mol. The van der Waals surface area contributed by atoms with Crippen LogP contribution in [0.25, 0.3) is 0 Å². The summed E-state index contributed by atoms with van der Waals surface area (Å²) in [7, 11) is 2.26.